The lowest BCUT2D eigenvalue weighted by Gasteiger charge is -2.03. The Morgan fingerprint density at radius 2 is 1.94 bits per heavy atom. The van der Waals surface area contributed by atoms with E-state index in [0.29, 0.717) is 5.56 Å². The van der Waals surface area contributed by atoms with Crippen LogP contribution in [0.2, 0.25) is 5.15 Å². The lowest BCUT2D eigenvalue weighted by atomic mass is 10.1. The Bertz CT molecular complexity index is 529. The van der Waals surface area contributed by atoms with Gasteiger partial charge in [0.05, 0.1) is 5.56 Å². The largest absolute Gasteiger partial charge is 0.478 e. The van der Waals surface area contributed by atoms with Crippen molar-refractivity contribution in [1.82, 2.24) is 9.97 Å². The first-order valence-corrected chi connectivity index (χ1v) is 4.85. The average Bonchev–Trinajstić information content (AvgIpc) is 2.30. The maximum Gasteiger partial charge on any atom is 0.338 e. The molecule has 80 valence electrons. The first-order chi connectivity index (χ1) is 7.68. The zero-order valence-electron chi connectivity index (χ0n) is 8.09. The molecule has 0 spiro atoms. The number of aromatic nitrogens is 2. The summed E-state index contributed by atoms with van der Waals surface area (Å²) in [6.07, 6.45) is 4.79. The van der Waals surface area contributed by atoms with E-state index in [1.54, 1.807) is 24.5 Å². The quantitative estimate of drug-likeness (QED) is 0.811. The number of rotatable bonds is 2. The second-order valence-corrected chi connectivity index (χ2v) is 3.46. The van der Waals surface area contributed by atoms with Gasteiger partial charge in [0.25, 0.3) is 0 Å². The average molecular weight is 235 g/mol. The van der Waals surface area contributed by atoms with E-state index >= 15 is 0 Å². The molecule has 0 aliphatic heterocycles. The maximum absolute atomic E-state index is 10.9. The van der Waals surface area contributed by atoms with Crippen LogP contribution in [0.25, 0.3) is 11.1 Å². The summed E-state index contributed by atoms with van der Waals surface area (Å²) in [4.78, 5) is 18.6. The molecular weight excluding hydrogens is 228 g/mol. The number of aromatic carboxylic acids is 1. The van der Waals surface area contributed by atoms with Gasteiger partial charge < -0.3 is 5.11 Å². The number of nitrogens with zero attached hydrogens (tertiary/aromatic N) is 2. The lowest BCUT2D eigenvalue weighted by Crippen LogP contribution is -1.99. The van der Waals surface area contributed by atoms with Crippen LogP contribution in [0.5, 0.6) is 0 Å². The Morgan fingerprint density at radius 1 is 1.25 bits per heavy atom. The number of carboxylic acid groups (broad SMARTS) is 1. The van der Waals surface area contributed by atoms with Crippen LogP contribution < -0.4 is 0 Å². The SMILES string of the molecule is O=C(O)c1cc(-c2ccncc2)cnc1Cl. The van der Waals surface area contributed by atoms with Gasteiger partial charge in [-0.3, -0.25) is 4.98 Å². The minimum atomic E-state index is -1.09. The molecule has 2 rings (SSSR count). The van der Waals surface area contributed by atoms with Crippen LogP contribution in [-0.4, -0.2) is 21.0 Å². The van der Waals surface area contributed by atoms with Gasteiger partial charge in [0.1, 0.15) is 5.15 Å². The van der Waals surface area contributed by atoms with E-state index in [1.165, 1.54) is 12.3 Å². The number of pyridine rings is 2. The van der Waals surface area contributed by atoms with Gasteiger partial charge in [-0.2, -0.15) is 0 Å². The molecule has 5 heteroatoms. The lowest BCUT2D eigenvalue weighted by molar-refractivity contribution is 0.0696. The number of carboxylic acids is 1. The van der Waals surface area contributed by atoms with Crippen LogP contribution in [0, 0.1) is 0 Å². The molecule has 0 aliphatic carbocycles. The van der Waals surface area contributed by atoms with E-state index < -0.39 is 5.97 Å². The van der Waals surface area contributed by atoms with Gasteiger partial charge in [-0.05, 0) is 23.8 Å². The van der Waals surface area contributed by atoms with Crippen LogP contribution in [0.1, 0.15) is 10.4 Å². The van der Waals surface area contributed by atoms with E-state index in [2.05, 4.69) is 9.97 Å². The Morgan fingerprint density at radius 3 is 2.56 bits per heavy atom. The molecule has 2 aromatic rings. The van der Waals surface area contributed by atoms with E-state index in [1.807, 2.05) is 0 Å². The molecule has 2 aromatic heterocycles. The van der Waals surface area contributed by atoms with Crippen LogP contribution in [0.4, 0.5) is 0 Å². The minimum absolute atomic E-state index is 0.00372. The highest BCUT2D eigenvalue weighted by Gasteiger charge is 2.11. The van der Waals surface area contributed by atoms with Gasteiger partial charge in [-0.25, -0.2) is 9.78 Å². The Hall–Kier alpha value is -1.94. The smallest absolute Gasteiger partial charge is 0.338 e. The summed E-state index contributed by atoms with van der Waals surface area (Å²) in [6.45, 7) is 0. The van der Waals surface area contributed by atoms with Crippen molar-refractivity contribution >= 4 is 17.6 Å². The van der Waals surface area contributed by atoms with Crippen molar-refractivity contribution in [2.75, 3.05) is 0 Å². The van der Waals surface area contributed by atoms with Gasteiger partial charge in [-0.15, -0.1) is 0 Å². The fraction of sp³-hybridized carbons (Fsp3) is 0. The zero-order valence-corrected chi connectivity index (χ0v) is 8.85. The third-order valence-corrected chi connectivity index (χ3v) is 2.38. The molecule has 0 aromatic carbocycles. The van der Waals surface area contributed by atoms with Gasteiger partial charge in [0.15, 0.2) is 0 Å². The fourth-order valence-corrected chi connectivity index (χ4v) is 1.48. The van der Waals surface area contributed by atoms with Crippen molar-refractivity contribution in [3.63, 3.8) is 0 Å². The molecule has 0 atom stereocenters. The number of hydrogen-bond acceptors (Lipinski definition) is 3. The molecule has 2 heterocycles. The summed E-state index contributed by atoms with van der Waals surface area (Å²) in [5, 5.41) is 8.89. The second-order valence-electron chi connectivity index (χ2n) is 3.10. The molecule has 0 saturated heterocycles. The van der Waals surface area contributed by atoms with Gasteiger partial charge in [0, 0.05) is 24.2 Å². The predicted molar refractivity (Wildman–Crippen MR) is 59.4 cm³/mol. The molecule has 0 saturated carbocycles. The first-order valence-electron chi connectivity index (χ1n) is 4.47. The maximum atomic E-state index is 10.9. The summed E-state index contributed by atoms with van der Waals surface area (Å²) in [5.41, 5.74) is 1.54. The van der Waals surface area contributed by atoms with E-state index in [-0.39, 0.29) is 10.7 Å². The van der Waals surface area contributed by atoms with Crippen LogP contribution >= 0.6 is 11.6 Å². The number of halogens is 1. The third kappa shape index (κ3) is 2.01. The molecule has 16 heavy (non-hydrogen) atoms. The van der Waals surface area contributed by atoms with Crippen LogP contribution in [0.15, 0.2) is 36.8 Å². The molecule has 0 amide bonds. The standard InChI is InChI=1S/C11H7ClN2O2/c12-10-9(11(15)16)5-8(6-14-10)7-1-3-13-4-2-7/h1-6H,(H,15,16). The highest BCUT2D eigenvalue weighted by atomic mass is 35.5. The van der Waals surface area contributed by atoms with Crippen molar-refractivity contribution in [2.45, 2.75) is 0 Å². The molecule has 4 nitrogen and oxygen atoms in total. The minimum Gasteiger partial charge on any atom is -0.478 e. The van der Waals surface area contributed by atoms with Crippen molar-refractivity contribution in [3.05, 3.63) is 47.5 Å². The Balaban J connectivity index is 2.52. The van der Waals surface area contributed by atoms with Gasteiger partial charge >= 0.3 is 5.97 Å². The molecule has 0 unspecified atom stereocenters. The van der Waals surface area contributed by atoms with Crippen molar-refractivity contribution in [3.8, 4) is 11.1 Å². The van der Waals surface area contributed by atoms with Crippen LogP contribution in [-0.2, 0) is 0 Å². The van der Waals surface area contributed by atoms with Gasteiger partial charge in [-0.1, -0.05) is 11.6 Å². The number of hydrogen-bond donors (Lipinski definition) is 1. The first kappa shape index (κ1) is 10.6. The molecule has 1 N–H and O–H groups in total. The summed E-state index contributed by atoms with van der Waals surface area (Å²) < 4.78 is 0. The predicted octanol–water partition coefficient (Wildman–Crippen LogP) is 2.50. The third-order valence-electron chi connectivity index (χ3n) is 2.08. The zero-order chi connectivity index (χ0) is 11.5. The summed E-state index contributed by atoms with van der Waals surface area (Å²) in [7, 11) is 0. The highest BCUT2D eigenvalue weighted by molar-refractivity contribution is 6.32. The van der Waals surface area contributed by atoms with E-state index in [9.17, 15) is 4.79 Å². The summed E-state index contributed by atoms with van der Waals surface area (Å²) in [5.74, 6) is -1.09. The molecule has 0 bridgehead atoms. The molecule has 0 radical (unpaired) electrons. The fourth-order valence-electron chi connectivity index (χ4n) is 1.30. The molecule has 0 fully saturated rings. The van der Waals surface area contributed by atoms with Crippen LogP contribution in [0.3, 0.4) is 0 Å². The normalized spacial score (nSPS) is 10.1. The number of carbonyl (C=O) groups is 1. The van der Waals surface area contributed by atoms with E-state index in [0.717, 1.165) is 5.56 Å². The Kier molecular flexibility index (Phi) is 2.83. The summed E-state index contributed by atoms with van der Waals surface area (Å²) >= 11 is 5.67. The second kappa shape index (κ2) is 4.28. The Labute approximate surface area is 96.6 Å². The van der Waals surface area contributed by atoms with Gasteiger partial charge in [0.2, 0.25) is 0 Å². The topological polar surface area (TPSA) is 63.1 Å². The highest BCUT2D eigenvalue weighted by Crippen LogP contribution is 2.22. The van der Waals surface area contributed by atoms with Crippen molar-refractivity contribution in [1.29, 1.82) is 0 Å². The monoisotopic (exact) mass is 234 g/mol. The molecule has 0 aliphatic rings. The van der Waals surface area contributed by atoms with Crippen molar-refractivity contribution < 1.29 is 9.90 Å². The summed E-state index contributed by atoms with van der Waals surface area (Å²) in [6, 6.07) is 5.04. The van der Waals surface area contributed by atoms with Crippen molar-refractivity contribution in [2.24, 2.45) is 0 Å². The molecular formula is C11H7ClN2O2. The van der Waals surface area contributed by atoms with E-state index in [4.69, 9.17) is 16.7 Å².